The molecule has 106 valence electrons. The first kappa shape index (κ1) is 14.2. The minimum Gasteiger partial charge on any atom is -0.355 e. The molecule has 5 heteroatoms. The Morgan fingerprint density at radius 1 is 1.25 bits per heavy atom. The van der Waals surface area contributed by atoms with Gasteiger partial charge in [0.25, 0.3) is 11.7 Å². The van der Waals surface area contributed by atoms with Crippen LogP contribution in [0.4, 0.5) is 5.69 Å². The largest absolute Gasteiger partial charge is 0.355 e. The number of aryl methyl sites for hydroxylation is 2. The zero-order chi connectivity index (χ0) is 14.9. The first-order chi connectivity index (χ1) is 9.45. The van der Waals surface area contributed by atoms with E-state index in [1.54, 1.807) is 6.07 Å². The van der Waals surface area contributed by atoms with Crippen LogP contribution in [-0.2, 0) is 9.59 Å². The van der Waals surface area contributed by atoms with Crippen LogP contribution < -0.4 is 10.2 Å². The monoisotopic (exact) mass is 274 g/mol. The van der Waals surface area contributed by atoms with Crippen LogP contribution >= 0.6 is 0 Å². The van der Waals surface area contributed by atoms with Crippen molar-refractivity contribution < 1.29 is 14.4 Å². The molecule has 0 saturated heterocycles. The molecule has 2 amide bonds. The second-order valence-corrected chi connectivity index (χ2v) is 5.05. The molecule has 0 aliphatic carbocycles. The Labute approximate surface area is 118 Å². The zero-order valence-electron chi connectivity index (χ0n) is 11.9. The number of carbonyl (C=O) groups is 3. The highest BCUT2D eigenvalue weighted by atomic mass is 16.2. The molecule has 0 unspecified atom stereocenters. The first-order valence-corrected chi connectivity index (χ1v) is 6.69. The van der Waals surface area contributed by atoms with Crippen molar-refractivity contribution in [1.29, 1.82) is 0 Å². The lowest BCUT2D eigenvalue weighted by molar-refractivity contribution is -0.122. The van der Waals surface area contributed by atoms with Gasteiger partial charge in [0.05, 0.1) is 11.3 Å². The van der Waals surface area contributed by atoms with Gasteiger partial charge in [0.15, 0.2) is 0 Å². The molecule has 1 heterocycles. The number of fused-ring (bicyclic) bond motifs is 1. The maximum absolute atomic E-state index is 12.0. The van der Waals surface area contributed by atoms with E-state index in [2.05, 4.69) is 5.32 Å². The Hall–Kier alpha value is -2.17. The zero-order valence-corrected chi connectivity index (χ0v) is 11.9. The predicted molar refractivity (Wildman–Crippen MR) is 75.9 cm³/mol. The van der Waals surface area contributed by atoms with E-state index in [1.165, 1.54) is 4.90 Å². The number of amides is 2. The van der Waals surface area contributed by atoms with Gasteiger partial charge in [0.2, 0.25) is 5.91 Å². The number of rotatable bonds is 4. The van der Waals surface area contributed by atoms with Crippen LogP contribution in [0.15, 0.2) is 12.1 Å². The fraction of sp³-hybridized carbons (Fsp3) is 0.400. The number of Topliss-reactive ketones (excluding diaryl/α,β-unsaturated/α-hetero) is 1. The molecule has 1 aliphatic rings. The van der Waals surface area contributed by atoms with Crippen molar-refractivity contribution in [3.8, 4) is 0 Å². The summed E-state index contributed by atoms with van der Waals surface area (Å²) in [4.78, 5) is 37.1. The highest BCUT2D eigenvalue weighted by molar-refractivity contribution is 6.52. The Morgan fingerprint density at radius 3 is 2.60 bits per heavy atom. The van der Waals surface area contributed by atoms with Crippen LogP contribution in [-0.4, -0.2) is 30.7 Å². The fourth-order valence-electron chi connectivity index (χ4n) is 2.45. The van der Waals surface area contributed by atoms with E-state index in [4.69, 9.17) is 0 Å². The highest BCUT2D eigenvalue weighted by Gasteiger charge is 2.37. The van der Waals surface area contributed by atoms with Gasteiger partial charge in [0.1, 0.15) is 6.54 Å². The van der Waals surface area contributed by atoms with Gasteiger partial charge < -0.3 is 5.32 Å². The SMILES string of the molecule is CCCNC(=O)CN1C(=O)C(=O)c2cc(C)cc(C)c21. The molecule has 1 aromatic rings. The van der Waals surface area contributed by atoms with Crippen molar-refractivity contribution >= 4 is 23.3 Å². The van der Waals surface area contributed by atoms with E-state index in [0.717, 1.165) is 17.5 Å². The average Bonchev–Trinajstić information content (AvgIpc) is 2.62. The van der Waals surface area contributed by atoms with Gasteiger partial charge in [0, 0.05) is 6.54 Å². The summed E-state index contributed by atoms with van der Waals surface area (Å²) in [6, 6.07) is 3.61. The average molecular weight is 274 g/mol. The van der Waals surface area contributed by atoms with Crippen LogP contribution in [0.1, 0.15) is 34.8 Å². The summed E-state index contributed by atoms with van der Waals surface area (Å²) in [5.41, 5.74) is 2.73. The maximum Gasteiger partial charge on any atom is 0.299 e. The van der Waals surface area contributed by atoms with Crippen molar-refractivity contribution in [1.82, 2.24) is 5.32 Å². The van der Waals surface area contributed by atoms with Gasteiger partial charge in [-0.15, -0.1) is 0 Å². The molecule has 0 fully saturated rings. The summed E-state index contributed by atoms with van der Waals surface area (Å²) < 4.78 is 0. The smallest absolute Gasteiger partial charge is 0.299 e. The second-order valence-electron chi connectivity index (χ2n) is 5.05. The van der Waals surface area contributed by atoms with Crippen molar-refractivity contribution in [2.24, 2.45) is 0 Å². The molecule has 0 atom stereocenters. The quantitative estimate of drug-likeness (QED) is 0.843. The third-order valence-corrected chi connectivity index (χ3v) is 3.27. The molecular weight excluding hydrogens is 256 g/mol. The topological polar surface area (TPSA) is 66.5 Å². The predicted octanol–water partition coefficient (Wildman–Crippen LogP) is 1.36. The second kappa shape index (κ2) is 5.45. The van der Waals surface area contributed by atoms with Gasteiger partial charge in [-0.3, -0.25) is 19.3 Å². The molecule has 2 rings (SSSR count). The molecule has 20 heavy (non-hydrogen) atoms. The molecule has 5 nitrogen and oxygen atoms in total. The molecule has 0 bridgehead atoms. The van der Waals surface area contributed by atoms with E-state index in [0.29, 0.717) is 17.8 Å². The molecule has 0 aromatic heterocycles. The number of hydrogen-bond acceptors (Lipinski definition) is 3. The number of benzene rings is 1. The van der Waals surface area contributed by atoms with Crippen LogP contribution in [0.3, 0.4) is 0 Å². The van der Waals surface area contributed by atoms with Crippen LogP contribution in [0.2, 0.25) is 0 Å². The van der Waals surface area contributed by atoms with Crippen LogP contribution in [0.5, 0.6) is 0 Å². The van der Waals surface area contributed by atoms with E-state index in [-0.39, 0.29) is 12.5 Å². The molecule has 1 N–H and O–H groups in total. The van der Waals surface area contributed by atoms with Crippen LogP contribution in [0, 0.1) is 13.8 Å². The maximum atomic E-state index is 12.0. The summed E-state index contributed by atoms with van der Waals surface area (Å²) in [5.74, 6) is -1.41. The van der Waals surface area contributed by atoms with E-state index < -0.39 is 11.7 Å². The van der Waals surface area contributed by atoms with Crippen molar-refractivity contribution in [2.45, 2.75) is 27.2 Å². The number of carbonyl (C=O) groups excluding carboxylic acids is 3. The minimum atomic E-state index is -0.625. The molecule has 1 aromatic carbocycles. The molecule has 0 spiro atoms. The molecular formula is C15H18N2O3. The number of nitrogens with one attached hydrogen (secondary N) is 1. The third-order valence-electron chi connectivity index (χ3n) is 3.27. The summed E-state index contributed by atoms with van der Waals surface area (Å²) >= 11 is 0. The number of nitrogens with zero attached hydrogens (tertiary/aromatic N) is 1. The Bertz CT molecular complexity index is 593. The Morgan fingerprint density at radius 2 is 1.95 bits per heavy atom. The molecule has 0 saturated carbocycles. The van der Waals surface area contributed by atoms with E-state index in [1.807, 2.05) is 26.8 Å². The van der Waals surface area contributed by atoms with Crippen molar-refractivity contribution in [2.75, 3.05) is 18.0 Å². The van der Waals surface area contributed by atoms with Crippen LogP contribution in [0.25, 0.3) is 0 Å². The molecule has 1 aliphatic heterocycles. The van der Waals surface area contributed by atoms with Gasteiger partial charge in [-0.2, -0.15) is 0 Å². The van der Waals surface area contributed by atoms with Crippen molar-refractivity contribution in [3.05, 3.63) is 28.8 Å². The van der Waals surface area contributed by atoms with Gasteiger partial charge >= 0.3 is 0 Å². The summed E-state index contributed by atoms with van der Waals surface area (Å²) in [7, 11) is 0. The lowest BCUT2D eigenvalue weighted by Gasteiger charge is -2.18. The Balaban J connectivity index is 2.31. The standard InChI is InChI=1S/C15H18N2O3/c1-4-5-16-12(18)8-17-13-10(3)6-9(2)7-11(13)14(19)15(17)20/h6-7H,4-5,8H2,1-3H3,(H,16,18). The number of anilines is 1. The normalized spacial score (nSPS) is 13.7. The lowest BCUT2D eigenvalue weighted by Crippen LogP contribution is -2.40. The number of hydrogen-bond donors (Lipinski definition) is 1. The third kappa shape index (κ3) is 2.43. The lowest BCUT2D eigenvalue weighted by atomic mass is 10.0. The van der Waals surface area contributed by atoms with Gasteiger partial charge in [-0.1, -0.05) is 13.0 Å². The van der Waals surface area contributed by atoms with Gasteiger partial charge in [-0.05, 0) is 37.5 Å². The van der Waals surface area contributed by atoms with Gasteiger partial charge in [-0.25, -0.2) is 0 Å². The Kier molecular flexibility index (Phi) is 3.88. The first-order valence-electron chi connectivity index (χ1n) is 6.69. The summed E-state index contributed by atoms with van der Waals surface area (Å²) in [6.45, 7) is 6.12. The minimum absolute atomic E-state index is 0.110. The van der Waals surface area contributed by atoms with Crippen molar-refractivity contribution in [3.63, 3.8) is 0 Å². The highest BCUT2D eigenvalue weighted by Crippen LogP contribution is 2.33. The fourth-order valence-corrected chi connectivity index (χ4v) is 2.45. The summed E-state index contributed by atoms with van der Waals surface area (Å²) in [6.07, 6.45) is 0.827. The van der Waals surface area contributed by atoms with E-state index in [9.17, 15) is 14.4 Å². The summed E-state index contributed by atoms with van der Waals surface area (Å²) in [5, 5.41) is 2.71. The van der Waals surface area contributed by atoms with E-state index >= 15 is 0 Å². The molecule has 0 radical (unpaired) electrons. The number of ketones is 1.